The van der Waals surface area contributed by atoms with Crippen molar-refractivity contribution in [3.05, 3.63) is 54.2 Å². The number of fused-ring (bicyclic) bond motifs is 1. The van der Waals surface area contributed by atoms with Gasteiger partial charge in [-0.3, -0.25) is 4.98 Å². The summed E-state index contributed by atoms with van der Waals surface area (Å²) in [5.41, 5.74) is 3.14. The molecular weight excluding hydrogens is 264 g/mol. The van der Waals surface area contributed by atoms with Gasteiger partial charge in [0.25, 0.3) is 0 Å². The molecule has 0 saturated carbocycles. The lowest BCUT2D eigenvalue weighted by molar-refractivity contribution is 0.409. The van der Waals surface area contributed by atoms with Crippen LogP contribution in [-0.4, -0.2) is 17.1 Å². The van der Waals surface area contributed by atoms with Crippen molar-refractivity contribution in [2.24, 2.45) is 0 Å². The normalized spacial score (nSPS) is 13.3. The molecule has 0 aliphatic rings. The minimum Gasteiger partial charge on any atom is -0.508 e. The Bertz CT molecular complexity index is 895. The summed E-state index contributed by atoms with van der Waals surface area (Å²) in [7, 11) is -2.61. The molecule has 0 radical (unpaired) electrons. The van der Waals surface area contributed by atoms with E-state index in [0.29, 0.717) is 5.69 Å². The Balaban J connectivity index is 2.03. The van der Waals surface area contributed by atoms with Crippen molar-refractivity contribution in [1.29, 1.82) is 0 Å². The fourth-order valence-electron chi connectivity index (χ4n) is 2.21. The quantitative estimate of drug-likeness (QED) is 0.713. The van der Waals surface area contributed by atoms with Crippen LogP contribution >= 0.6 is 0 Å². The van der Waals surface area contributed by atoms with Gasteiger partial charge in [-0.05, 0) is 36.8 Å². The molecule has 0 unspecified atom stereocenters. The molecule has 0 fully saturated rings. The molecule has 0 atom stereocenters. The summed E-state index contributed by atoms with van der Waals surface area (Å²) in [6.45, 7) is 1.99. The summed E-state index contributed by atoms with van der Waals surface area (Å²) in [4.78, 5) is 4.34. The molecule has 0 bridgehead atoms. The second-order valence-corrected chi connectivity index (χ2v) is 4.79. The number of anilines is 2. The first-order chi connectivity index (χ1) is 11.3. The van der Waals surface area contributed by atoms with Crippen LogP contribution < -0.4 is 10.1 Å². The number of phenolic OH excluding ortho intramolecular Hbond substituents is 1. The van der Waals surface area contributed by atoms with Gasteiger partial charge >= 0.3 is 0 Å². The van der Waals surface area contributed by atoms with E-state index >= 15 is 0 Å². The average molecular weight is 283 g/mol. The highest BCUT2D eigenvalue weighted by atomic mass is 16.5. The number of hydrogen-bond acceptors (Lipinski definition) is 4. The number of pyridine rings is 1. The molecule has 2 N–H and O–H groups in total. The third-order valence-corrected chi connectivity index (χ3v) is 3.24. The van der Waals surface area contributed by atoms with Crippen molar-refractivity contribution in [2.45, 2.75) is 6.92 Å². The minimum absolute atomic E-state index is 0.0482. The van der Waals surface area contributed by atoms with E-state index in [1.54, 1.807) is 18.3 Å². The summed E-state index contributed by atoms with van der Waals surface area (Å²) < 4.78 is 26.8. The van der Waals surface area contributed by atoms with E-state index in [2.05, 4.69) is 10.3 Å². The zero-order valence-electron chi connectivity index (χ0n) is 14.4. The summed E-state index contributed by atoms with van der Waals surface area (Å²) in [6.07, 6.45) is 1.68. The number of aryl methyl sites for hydroxylation is 1. The van der Waals surface area contributed by atoms with Crippen molar-refractivity contribution in [2.75, 3.05) is 12.4 Å². The number of benzene rings is 2. The SMILES string of the molecule is [2H]C([2H])([2H])Oc1cc(O)ccc1Nc1ccnc2cc(C)ccc12. The van der Waals surface area contributed by atoms with Crippen LogP contribution in [0.3, 0.4) is 0 Å². The van der Waals surface area contributed by atoms with Gasteiger partial charge in [-0.25, -0.2) is 0 Å². The zero-order chi connectivity index (χ0) is 17.3. The van der Waals surface area contributed by atoms with Gasteiger partial charge in [0.15, 0.2) is 0 Å². The number of nitrogens with one attached hydrogen (secondary N) is 1. The van der Waals surface area contributed by atoms with Gasteiger partial charge in [0, 0.05) is 23.3 Å². The number of aromatic hydroxyl groups is 1. The minimum atomic E-state index is -2.61. The third-order valence-electron chi connectivity index (χ3n) is 3.24. The summed E-state index contributed by atoms with van der Waals surface area (Å²) in [5, 5.41) is 13.7. The molecule has 0 saturated heterocycles. The standard InChI is InChI=1S/C17H16N2O2/c1-11-3-5-13-14(7-8-18-16(13)9-11)19-15-6-4-12(20)10-17(15)21-2/h3-10,20H,1-2H3,(H,18,19)/i2D3. The highest BCUT2D eigenvalue weighted by Gasteiger charge is 2.07. The molecule has 0 aliphatic carbocycles. The summed E-state index contributed by atoms with van der Waals surface area (Å²) >= 11 is 0. The molecule has 0 aliphatic heterocycles. The molecule has 21 heavy (non-hydrogen) atoms. The Labute approximate surface area is 127 Å². The van der Waals surface area contributed by atoms with Gasteiger partial charge in [0.1, 0.15) is 11.5 Å². The van der Waals surface area contributed by atoms with Crippen LogP contribution in [0.25, 0.3) is 10.9 Å². The van der Waals surface area contributed by atoms with Crippen LogP contribution in [0, 0.1) is 6.92 Å². The van der Waals surface area contributed by atoms with Crippen molar-refractivity contribution in [3.63, 3.8) is 0 Å². The van der Waals surface area contributed by atoms with E-state index in [9.17, 15) is 5.11 Å². The largest absolute Gasteiger partial charge is 0.508 e. The van der Waals surface area contributed by atoms with E-state index in [-0.39, 0.29) is 11.5 Å². The smallest absolute Gasteiger partial charge is 0.145 e. The second-order valence-electron chi connectivity index (χ2n) is 4.79. The molecule has 106 valence electrons. The van der Waals surface area contributed by atoms with Crippen LogP contribution in [0.1, 0.15) is 9.68 Å². The molecule has 4 nitrogen and oxygen atoms in total. The zero-order valence-corrected chi connectivity index (χ0v) is 11.4. The van der Waals surface area contributed by atoms with Crippen molar-refractivity contribution in [1.82, 2.24) is 4.98 Å². The molecule has 3 rings (SSSR count). The first-order valence-electron chi connectivity index (χ1n) is 7.96. The monoisotopic (exact) mass is 283 g/mol. The Morgan fingerprint density at radius 3 is 2.90 bits per heavy atom. The molecular formula is C17H16N2O2. The summed E-state index contributed by atoms with van der Waals surface area (Å²) in [6, 6.07) is 12.0. The number of ether oxygens (including phenoxy) is 1. The second kappa shape index (κ2) is 5.32. The van der Waals surface area contributed by atoms with Gasteiger partial charge in [-0.2, -0.15) is 0 Å². The molecule has 1 aromatic heterocycles. The van der Waals surface area contributed by atoms with E-state index in [0.717, 1.165) is 22.2 Å². The molecule has 1 heterocycles. The van der Waals surface area contributed by atoms with Crippen molar-refractivity contribution < 1.29 is 14.0 Å². The maximum atomic E-state index is 9.60. The Hall–Kier alpha value is -2.75. The number of aromatic nitrogens is 1. The fourth-order valence-corrected chi connectivity index (χ4v) is 2.21. The first-order valence-corrected chi connectivity index (χ1v) is 6.46. The maximum absolute atomic E-state index is 9.60. The van der Waals surface area contributed by atoms with E-state index in [1.807, 2.05) is 25.1 Å². The van der Waals surface area contributed by atoms with Crippen LogP contribution in [0.4, 0.5) is 11.4 Å². The first kappa shape index (κ1) is 10.0. The van der Waals surface area contributed by atoms with Gasteiger partial charge in [0.05, 0.1) is 22.4 Å². The third kappa shape index (κ3) is 2.60. The van der Waals surface area contributed by atoms with Crippen LogP contribution in [0.15, 0.2) is 48.7 Å². The average Bonchev–Trinajstić information content (AvgIpc) is 2.48. The number of hydrogen-bond donors (Lipinski definition) is 2. The lowest BCUT2D eigenvalue weighted by atomic mass is 10.1. The highest BCUT2D eigenvalue weighted by Crippen LogP contribution is 2.33. The Kier molecular flexibility index (Phi) is 2.55. The predicted octanol–water partition coefficient (Wildman–Crippen LogP) is 4.00. The lowest BCUT2D eigenvalue weighted by Gasteiger charge is -2.13. The molecule has 2 aromatic carbocycles. The van der Waals surface area contributed by atoms with E-state index < -0.39 is 7.04 Å². The predicted molar refractivity (Wildman–Crippen MR) is 84.4 cm³/mol. The van der Waals surface area contributed by atoms with Crippen LogP contribution in [-0.2, 0) is 0 Å². The fraction of sp³-hybridized carbons (Fsp3) is 0.118. The maximum Gasteiger partial charge on any atom is 0.145 e. The van der Waals surface area contributed by atoms with Gasteiger partial charge < -0.3 is 15.2 Å². The molecule has 3 aromatic rings. The Morgan fingerprint density at radius 1 is 1.14 bits per heavy atom. The van der Waals surface area contributed by atoms with Crippen molar-refractivity contribution >= 4 is 22.3 Å². The van der Waals surface area contributed by atoms with E-state index in [1.165, 1.54) is 12.1 Å². The van der Waals surface area contributed by atoms with Crippen LogP contribution in [0.5, 0.6) is 11.5 Å². The van der Waals surface area contributed by atoms with Crippen molar-refractivity contribution in [3.8, 4) is 11.5 Å². The number of nitrogens with zero attached hydrogens (tertiary/aromatic N) is 1. The molecule has 0 amide bonds. The number of methoxy groups -OCH3 is 1. The lowest BCUT2D eigenvalue weighted by Crippen LogP contribution is -1.96. The highest BCUT2D eigenvalue weighted by molar-refractivity contribution is 5.93. The number of rotatable bonds is 3. The van der Waals surface area contributed by atoms with E-state index in [4.69, 9.17) is 8.85 Å². The van der Waals surface area contributed by atoms with Crippen LogP contribution in [0.2, 0.25) is 0 Å². The number of phenols is 1. The topological polar surface area (TPSA) is 54.4 Å². The van der Waals surface area contributed by atoms with Gasteiger partial charge in [0.2, 0.25) is 0 Å². The molecule has 0 spiro atoms. The van der Waals surface area contributed by atoms with Gasteiger partial charge in [-0.15, -0.1) is 0 Å². The summed E-state index contributed by atoms with van der Waals surface area (Å²) in [5.74, 6) is -0.0258. The van der Waals surface area contributed by atoms with Gasteiger partial charge in [-0.1, -0.05) is 12.1 Å². The molecule has 4 heteroatoms. The Morgan fingerprint density at radius 2 is 2.05 bits per heavy atom.